The van der Waals surface area contributed by atoms with E-state index >= 15 is 0 Å². The molecule has 0 saturated heterocycles. The second-order valence-electron chi connectivity index (χ2n) is 6.09. The number of hydrogen-bond donors (Lipinski definition) is 7. The number of rotatable bonds is 14. The monoisotopic (exact) mass is 401 g/mol. The summed E-state index contributed by atoms with van der Waals surface area (Å²) in [6, 6.07) is -1.94. The number of carbonyl (C=O) groups excluding carboxylic acids is 3. The summed E-state index contributed by atoms with van der Waals surface area (Å²) in [5.74, 6) is -2.99. The van der Waals surface area contributed by atoms with E-state index in [0.717, 1.165) is 6.42 Å². The zero-order valence-electron chi connectivity index (χ0n) is 16.1. The van der Waals surface area contributed by atoms with Crippen molar-refractivity contribution < 1.29 is 24.3 Å². The molecular formula is C16H31N7O5. The fourth-order valence-corrected chi connectivity index (χ4v) is 2.23. The van der Waals surface area contributed by atoms with Crippen molar-refractivity contribution in [3.05, 3.63) is 0 Å². The number of guanidine groups is 1. The second kappa shape index (κ2) is 14.2. The van der Waals surface area contributed by atoms with E-state index in [4.69, 9.17) is 22.3 Å². The van der Waals surface area contributed by atoms with E-state index in [1.807, 2.05) is 6.92 Å². The van der Waals surface area contributed by atoms with Gasteiger partial charge in [-0.25, -0.2) is 4.79 Å². The van der Waals surface area contributed by atoms with Crippen LogP contribution in [-0.4, -0.2) is 66.5 Å². The Labute approximate surface area is 163 Å². The topological polar surface area (TPSA) is 215 Å². The molecule has 0 aromatic rings. The minimum Gasteiger partial charge on any atom is -0.480 e. The molecule has 2 atom stereocenters. The first-order valence-corrected chi connectivity index (χ1v) is 9.05. The molecule has 0 fully saturated rings. The highest BCUT2D eigenvalue weighted by atomic mass is 16.4. The standard InChI is InChI=1S/C16H31N7O5/c1-2-3-5-11(15(27)28)23-13(25)9-21-14(26)10(22-12(24)8-17)6-4-7-20-16(18)19/h10-11H,2-9,17H2,1H3,(H,21,26)(H,22,24)(H,23,25)(H,27,28)(H4,18,19,20)/t10-,11-/m0/s1. The van der Waals surface area contributed by atoms with Crippen LogP contribution in [0.2, 0.25) is 0 Å². The summed E-state index contributed by atoms with van der Waals surface area (Å²) in [5, 5.41) is 16.3. The molecule has 12 heteroatoms. The smallest absolute Gasteiger partial charge is 0.326 e. The summed E-state index contributed by atoms with van der Waals surface area (Å²) in [6.07, 6.45) is 2.37. The Morgan fingerprint density at radius 2 is 1.61 bits per heavy atom. The summed E-state index contributed by atoms with van der Waals surface area (Å²) in [7, 11) is 0. The van der Waals surface area contributed by atoms with Crippen molar-refractivity contribution in [2.24, 2.45) is 22.2 Å². The maximum atomic E-state index is 12.3. The van der Waals surface area contributed by atoms with Crippen LogP contribution in [0.3, 0.4) is 0 Å². The zero-order valence-corrected chi connectivity index (χ0v) is 16.1. The lowest BCUT2D eigenvalue weighted by Gasteiger charge is -2.18. The molecule has 0 aliphatic heterocycles. The van der Waals surface area contributed by atoms with Crippen molar-refractivity contribution >= 4 is 29.7 Å². The third kappa shape index (κ3) is 11.7. The largest absolute Gasteiger partial charge is 0.480 e. The van der Waals surface area contributed by atoms with E-state index in [9.17, 15) is 19.2 Å². The van der Waals surface area contributed by atoms with Gasteiger partial charge in [-0.3, -0.25) is 19.4 Å². The Morgan fingerprint density at radius 1 is 1.00 bits per heavy atom. The summed E-state index contributed by atoms with van der Waals surface area (Å²) in [5.41, 5.74) is 15.7. The van der Waals surface area contributed by atoms with Gasteiger partial charge in [0.2, 0.25) is 17.7 Å². The number of aliphatic carboxylic acids is 1. The highest BCUT2D eigenvalue weighted by molar-refractivity contribution is 5.91. The number of carbonyl (C=O) groups is 4. The first-order valence-electron chi connectivity index (χ1n) is 9.05. The fraction of sp³-hybridized carbons (Fsp3) is 0.688. The van der Waals surface area contributed by atoms with Gasteiger partial charge < -0.3 is 38.3 Å². The SMILES string of the molecule is CCCC[C@H](NC(=O)CNC(=O)[C@H](CCCN=C(N)N)NC(=O)CN)C(=O)O. The van der Waals surface area contributed by atoms with Crippen molar-refractivity contribution in [1.82, 2.24) is 16.0 Å². The quantitative estimate of drug-likeness (QED) is 0.0925. The lowest BCUT2D eigenvalue weighted by Crippen LogP contribution is -2.51. The molecule has 0 spiro atoms. The van der Waals surface area contributed by atoms with E-state index in [-0.39, 0.29) is 25.5 Å². The first-order chi connectivity index (χ1) is 13.2. The number of unbranched alkanes of at least 4 members (excludes halogenated alkanes) is 1. The number of nitrogens with two attached hydrogens (primary N) is 3. The number of carboxylic acid groups (broad SMARTS) is 1. The van der Waals surface area contributed by atoms with Gasteiger partial charge in [0.25, 0.3) is 0 Å². The average Bonchev–Trinajstić information content (AvgIpc) is 2.64. The normalized spacial score (nSPS) is 12.4. The van der Waals surface area contributed by atoms with E-state index < -0.39 is 42.3 Å². The molecule has 0 heterocycles. The van der Waals surface area contributed by atoms with Crippen molar-refractivity contribution in [1.29, 1.82) is 0 Å². The van der Waals surface area contributed by atoms with Crippen LogP contribution < -0.4 is 33.2 Å². The number of nitrogens with one attached hydrogen (secondary N) is 3. The van der Waals surface area contributed by atoms with Crippen LogP contribution in [-0.2, 0) is 19.2 Å². The summed E-state index contributed by atoms with van der Waals surface area (Å²) >= 11 is 0. The highest BCUT2D eigenvalue weighted by Gasteiger charge is 2.22. The molecule has 28 heavy (non-hydrogen) atoms. The van der Waals surface area contributed by atoms with Crippen LogP contribution in [0.1, 0.15) is 39.0 Å². The Kier molecular flexibility index (Phi) is 12.7. The Bertz CT molecular complexity index is 564. The number of carboxylic acids is 1. The molecule has 0 aliphatic rings. The highest BCUT2D eigenvalue weighted by Crippen LogP contribution is 2.01. The molecule has 10 N–H and O–H groups in total. The van der Waals surface area contributed by atoms with Crippen molar-refractivity contribution in [2.75, 3.05) is 19.6 Å². The van der Waals surface area contributed by atoms with Crippen LogP contribution in [0.15, 0.2) is 4.99 Å². The van der Waals surface area contributed by atoms with Gasteiger partial charge in [-0.15, -0.1) is 0 Å². The molecule has 12 nitrogen and oxygen atoms in total. The van der Waals surface area contributed by atoms with Crippen LogP contribution in [0.4, 0.5) is 0 Å². The van der Waals surface area contributed by atoms with E-state index in [0.29, 0.717) is 19.3 Å². The van der Waals surface area contributed by atoms with Gasteiger partial charge in [0.05, 0.1) is 13.1 Å². The Balaban J connectivity index is 4.64. The van der Waals surface area contributed by atoms with Gasteiger partial charge in [0.15, 0.2) is 5.96 Å². The molecule has 3 amide bonds. The predicted molar refractivity (Wildman–Crippen MR) is 103 cm³/mol. The van der Waals surface area contributed by atoms with E-state index in [1.54, 1.807) is 0 Å². The predicted octanol–water partition coefficient (Wildman–Crippen LogP) is -2.64. The number of aliphatic imine (C=N–C) groups is 1. The molecule has 0 aromatic heterocycles. The minimum atomic E-state index is -1.14. The van der Waals surface area contributed by atoms with Crippen LogP contribution in [0.5, 0.6) is 0 Å². The maximum Gasteiger partial charge on any atom is 0.326 e. The molecule has 0 aliphatic carbocycles. The van der Waals surface area contributed by atoms with Crippen LogP contribution in [0, 0.1) is 0 Å². The molecular weight excluding hydrogens is 370 g/mol. The lowest BCUT2D eigenvalue weighted by atomic mass is 10.1. The van der Waals surface area contributed by atoms with Gasteiger partial charge in [-0.1, -0.05) is 19.8 Å². The minimum absolute atomic E-state index is 0.0836. The first kappa shape index (κ1) is 25.1. The third-order valence-corrected chi connectivity index (χ3v) is 3.69. The second-order valence-corrected chi connectivity index (χ2v) is 6.09. The molecule has 0 unspecified atom stereocenters. The number of hydrogen-bond acceptors (Lipinski definition) is 6. The van der Waals surface area contributed by atoms with Crippen LogP contribution >= 0.6 is 0 Å². The van der Waals surface area contributed by atoms with Gasteiger partial charge in [-0.05, 0) is 19.3 Å². The van der Waals surface area contributed by atoms with Crippen molar-refractivity contribution in [2.45, 2.75) is 51.1 Å². The fourth-order valence-electron chi connectivity index (χ4n) is 2.23. The molecule has 0 bridgehead atoms. The Morgan fingerprint density at radius 3 is 2.14 bits per heavy atom. The zero-order chi connectivity index (χ0) is 21.5. The molecule has 0 saturated carbocycles. The lowest BCUT2D eigenvalue weighted by molar-refractivity contribution is -0.142. The van der Waals surface area contributed by atoms with E-state index in [1.165, 1.54) is 0 Å². The van der Waals surface area contributed by atoms with Gasteiger partial charge in [-0.2, -0.15) is 0 Å². The number of amides is 3. The van der Waals surface area contributed by atoms with Crippen molar-refractivity contribution in [3.8, 4) is 0 Å². The van der Waals surface area contributed by atoms with Gasteiger partial charge in [0.1, 0.15) is 12.1 Å². The Hall–Kier alpha value is -2.89. The summed E-state index contributed by atoms with van der Waals surface area (Å²) in [4.78, 5) is 50.6. The summed E-state index contributed by atoms with van der Waals surface area (Å²) in [6.45, 7) is 1.46. The van der Waals surface area contributed by atoms with Gasteiger partial charge >= 0.3 is 5.97 Å². The van der Waals surface area contributed by atoms with Crippen LogP contribution in [0.25, 0.3) is 0 Å². The third-order valence-electron chi connectivity index (χ3n) is 3.69. The average molecular weight is 401 g/mol. The maximum absolute atomic E-state index is 12.3. The molecule has 160 valence electrons. The molecule has 0 rings (SSSR count). The molecule has 0 aromatic carbocycles. The molecule has 0 radical (unpaired) electrons. The van der Waals surface area contributed by atoms with Gasteiger partial charge in [0, 0.05) is 6.54 Å². The number of nitrogens with zero attached hydrogens (tertiary/aromatic N) is 1. The van der Waals surface area contributed by atoms with Crippen molar-refractivity contribution in [3.63, 3.8) is 0 Å². The summed E-state index contributed by atoms with van der Waals surface area (Å²) < 4.78 is 0. The van der Waals surface area contributed by atoms with E-state index in [2.05, 4.69) is 20.9 Å².